The van der Waals surface area contributed by atoms with Crippen molar-refractivity contribution in [1.29, 1.82) is 5.26 Å². The SMILES string of the molecule is Cc1[nH]c(-c2ccc(Br)cc2)nc(=S)c1C#N. The lowest BCUT2D eigenvalue weighted by atomic mass is 10.2. The summed E-state index contributed by atoms with van der Waals surface area (Å²) in [5, 5.41) is 8.91. The summed E-state index contributed by atoms with van der Waals surface area (Å²) in [6, 6.07) is 9.78. The van der Waals surface area contributed by atoms with Gasteiger partial charge in [-0.05, 0) is 19.1 Å². The van der Waals surface area contributed by atoms with Crippen LogP contribution in [0.3, 0.4) is 0 Å². The molecule has 2 rings (SSSR count). The molecule has 0 saturated carbocycles. The summed E-state index contributed by atoms with van der Waals surface area (Å²) in [6.07, 6.45) is 0. The van der Waals surface area contributed by atoms with Crippen LogP contribution in [0.15, 0.2) is 28.7 Å². The van der Waals surface area contributed by atoms with Crippen LogP contribution in [-0.2, 0) is 0 Å². The van der Waals surface area contributed by atoms with Gasteiger partial charge in [0.25, 0.3) is 0 Å². The maximum atomic E-state index is 8.91. The Hall–Kier alpha value is -1.51. The molecule has 1 aromatic carbocycles. The van der Waals surface area contributed by atoms with Gasteiger partial charge in [-0.2, -0.15) is 5.26 Å². The van der Waals surface area contributed by atoms with E-state index in [0.717, 1.165) is 15.7 Å². The van der Waals surface area contributed by atoms with Gasteiger partial charge in [0.2, 0.25) is 0 Å². The molecule has 0 spiro atoms. The number of rotatable bonds is 1. The summed E-state index contributed by atoms with van der Waals surface area (Å²) in [6.45, 7) is 1.82. The van der Waals surface area contributed by atoms with Gasteiger partial charge in [0.15, 0.2) is 0 Å². The molecule has 17 heavy (non-hydrogen) atoms. The lowest BCUT2D eigenvalue weighted by Crippen LogP contribution is -1.96. The molecule has 0 bridgehead atoms. The van der Waals surface area contributed by atoms with Gasteiger partial charge >= 0.3 is 0 Å². The standard InChI is InChI=1S/C12H8BrN3S/c1-7-10(6-14)12(17)16-11(15-7)8-2-4-9(13)5-3-8/h2-5H,1H3,(H,15,16,17). The Morgan fingerprint density at radius 1 is 1.35 bits per heavy atom. The zero-order chi connectivity index (χ0) is 12.4. The van der Waals surface area contributed by atoms with E-state index in [0.29, 0.717) is 16.0 Å². The second-order valence-corrected chi connectivity index (χ2v) is 4.81. The number of H-pyrrole nitrogens is 1. The fourth-order valence-corrected chi connectivity index (χ4v) is 2.02. The van der Waals surface area contributed by atoms with E-state index in [1.807, 2.05) is 37.3 Å². The first kappa shape index (κ1) is 12.0. The number of nitrogens with one attached hydrogen (secondary N) is 1. The van der Waals surface area contributed by atoms with Crippen LogP contribution >= 0.6 is 28.1 Å². The fraction of sp³-hybridized carbons (Fsp3) is 0.0833. The summed E-state index contributed by atoms with van der Waals surface area (Å²) in [5.74, 6) is 0.680. The van der Waals surface area contributed by atoms with Crippen LogP contribution in [0, 0.1) is 22.9 Å². The van der Waals surface area contributed by atoms with Gasteiger partial charge < -0.3 is 4.98 Å². The number of hydrogen-bond acceptors (Lipinski definition) is 3. The van der Waals surface area contributed by atoms with Gasteiger partial charge in [-0.25, -0.2) is 4.98 Å². The molecule has 3 nitrogen and oxygen atoms in total. The highest BCUT2D eigenvalue weighted by atomic mass is 79.9. The number of benzene rings is 1. The topological polar surface area (TPSA) is 52.5 Å². The van der Waals surface area contributed by atoms with Crippen LogP contribution in [-0.4, -0.2) is 9.97 Å². The molecule has 0 fully saturated rings. The van der Waals surface area contributed by atoms with Gasteiger partial charge in [0.1, 0.15) is 22.1 Å². The third-order valence-corrected chi connectivity index (χ3v) is 3.16. The van der Waals surface area contributed by atoms with E-state index >= 15 is 0 Å². The van der Waals surface area contributed by atoms with Crippen molar-refractivity contribution < 1.29 is 0 Å². The highest BCUT2D eigenvalue weighted by Crippen LogP contribution is 2.19. The Labute approximate surface area is 112 Å². The second kappa shape index (κ2) is 4.78. The van der Waals surface area contributed by atoms with Gasteiger partial charge in [0, 0.05) is 15.7 Å². The molecular formula is C12H8BrN3S. The molecule has 5 heteroatoms. The van der Waals surface area contributed by atoms with Crippen LogP contribution in [0.1, 0.15) is 11.3 Å². The largest absolute Gasteiger partial charge is 0.342 e. The summed E-state index contributed by atoms with van der Waals surface area (Å²) < 4.78 is 1.34. The van der Waals surface area contributed by atoms with Crippen LogP contribution in [0.2, 0.25) is 0 Å². The predicted octanol–water partition coefficient (Wildman–Crippen LogP) is 3.75. The van der Waals surface area contributed by atoms with Crippen molar-refractivity contribution in [3.05, 3.63) is 44.6 Å². The highest BCUT2D eigenvalue weighted by Gasteiger charge is 2.06. The molecule has 1 N–H and O–H groups in total. The third kappa shape index (κ3) is 2.43. The van der Waals surface area contributed by atoms with Gasteiger partial charge in [0.05, 0.1) is 0 Å². The van der Waals surface area contributed by atoms with Crippen molar-refractivity contribution >= 4 is 28.1 Å². The van der Waals surface area contributed by atoms with Gasteiger partial charge in [-0.3, -0.25) is 0 Å². The minimum atomic E-state index is 0.335. The number of aromatic nitrogens is 2. The first-order chi connectivity index (χ1) is 8.11. The van der Waals surface area contributed by atoms with E-state index in [-0.39, 0.29) is 0 Å². The summed E-state index contributed by atoms with van der Waals surface area (Å²) in [7, 11) is 0. The molecule has 0 aliphatic heterocycles. The first-order valence-electron chi connectivity index (χ1n) is 4.89. The highest BCUT2D eigenvalue weighted by molar-refractivity contribution is 9.10. The average Bonchev–Trinajstić information content (AvgIpc) is 2.29. The van der Waals surface area contributed by atoms with E-state index in [4.69, 9.17) is 17.5 Å². The number of aromatic amines is 1. The second-order valence-electron chi connectivity index (χ2n) is 3.51. The molecule has 0 aliphatic carbocycles. The Morgan fingerprint density at radius 3 is 2.53 bits per heavy atom. The molecule has 84 valence electrons. The Bertz CT molecular complexity index is 653. The van der Waals surface area contributed by atoms with Crippen molar-refractivity contribution in [2.75, 3.05) is 0 Å². The molecule has 0 radical (unpaired) electrons. The number of hydrogen-bond donors (Lipinski definition) is 1. The molecular weight excluding hydrogens is 298 g/mol. The maximum Gasteiger partial charge on any atom is 0.148 e. The zero-order valence-electron chi connectivity index (χ0n) is 8.99. The zero-order valence-corrected chi connectivity index (χ0v) is 11.4. The number of aryl methyl sites for hydroxylation is 1. The Kier molecular flexibility index (Phi) is 3.36. The molecule has 0 unspecified atom stereocenters. The summed E-state index contributed by atoms with van der Waals surface area (Å²) in [5.41, 5.74) is 2.11. The monoisotopic (exact) mass is 305 g/mol. The molecule has 1 heterocycles. The van der Waals surface area contributed by atoms with Crippen LogP contribution in [0.5, 0.6) is 0 Å². The van der Waals surface area contributed by atoms with Gasteiger partial charge in [-0.15, -0.1) is 0 Å². The van der Waals surface area contributed by atoms with Gasteiger partial charge in [-0.1, -0.05) is 40.3 Å². The molecule has 0 amide bonds. The van der Waals surface area contributed by atoms with E-state index < -0.39 is 0 Å². The van der Waals surface area contributed by atoms with E-state index in [1.54, 1.807) is 0 Å². The Morgan fingerprint density at radius 2 is 2.00 bits per heavy atom. The minimum absolute atomic E-state index is 0.335. The molecule has 2 aromatic rings. The molecule has 1 aromatic heterocycles. The van der Waals surface area contributed by atoms with E-state index in [1.165, 1.54) is 0 Å². The molecule has 0 saturated heterocycles. The minimum Gasteiger partial charge on any atom is -0.342 e. The van der Waals surface area contributed by atoms with E-state index in [9.17, 15) is 0 Å². The quantitative estimate of drug-likeness (QED) is 0.816. The van der Waals surface area contributed by atoms with Crippen molar-refractivity contribution in [1.82, 2.24) is 9.97 Å². The van der Waals surface area contributed by atoms with E-state index in [2.05, 4.69) is 25.9 Å². The average molecular weight is 306 g/mol. The normalized spacial score (nSPS) is 9.94. The predicted molar refractivity (Wildman–Crippen MR) is 72.0 cm³/mol. The Balaban J connectivity index is 2.59. The van der Waals surface area contributed by atoms with Crippen molar-refractivity contribution in [3.63, 3.8) is 0 Å². The lowest BCUT2D eigenvalue weighted by Gasteiger charge is -2.04. The molecule has 0 aliphatic rings. The van der Waals surface area contributed by atoms with Crippen LogP contribution in [0.25, 0.3) is 11.4 Å². The van der Waals surface area contributed by atoms with Crippen molar-refractivity contribution in [3.8, 4) is 17.5 Å². The summed E-state index contributed by atoms with van der Waals surface area (Å²) >= 11 is 8.46. The number of nitrogens with zero attached hydrogens (tertiary/aromatic N) is 2. The maximum absolute atomic E-state index is 8.91. The number of halogens is 1. The number of nitriles is 1. The van der Waals surface area contributed by atoms with Crippen LogP contribution < -0.4 is 0 Å². The fourth-order valence-electron chi connectivity index (χ4n) is 1.46. The van der Waals surface area contributed by atoms with Crippen molar-refractivity contribution in [2.24, 2.45) is 0 Å². The first-order valence-corrected chi connectivity index (χ1v) is 6.09. The summed E-state index contributed by atoms with van der Waals surface area (Å²) in [4.78, 5) is 7.31. The third-order valence-electron chi connectivity index (χ3n) is 2.34. The smallest absolute Gasteiger partial charge is 0.148 e. The van der Waals surface area contributed by atoms with Crippen molar-refractivity contribution in [2.45, 2.75) is 6.92 Å². The van der Waals surface area contributed by atoms with Crippen LogP contribution in [0.4, 0.5) is 0 Å². The molecule has 0 atom stereocenters. The lowest BCUT2D eigenvalue weighted by molar-refractivity contribution is 1.08.